The van der Waals surface area contributed by atoms with E-state index in [0.717, 1.165) is 81.4 Å². The molecule has 0 saturated carbocycles. The smallest absolute Gasteiger partial charge is 0.318 e. The molecule has 0 fully saturated rings. The van der Waals surface area contributed by atoms with E-state index in [1.165, 1.54) is 24.0 Å². The Hall–Kier alpha value is -3.20. The van der Waals surface area contributed by atoms with Crippen LogP contribution in [0.1, 0.15) is 95.9 Å². The van der Waals surface area contributed by atoms with Crippen molar-refractivity contribution in [2.75, 3.05) is 24.6 Å². The molecule has 0 aliphatic heterocycles. The number of fused-ring (bicyclic) bond motifs is 1. The number of ether oxygens (including phenoxy) is 1. The molecule has 0 aliphatic carbocycles. The number of halogens is 1. The molecule has 1 aromatic heterocycles. The van der Waals surface area contributed by atoms with Gasteiger partial charge < -0.3 is 9.64 Å². The first-order valence-electron chi connectivity index (χ1n) is 15.3. The molecule has 5 nitrogen and oxygen atoms in total. The van der Waals surface area contributed by atoms with Crippen LogP contribution in [0.5, 0.6) is 6.01 Å². The Kier molecular flexibility index (Phi) is 13.2. The summed E-state index contributed by atoms with van der Waals surface area (Å²) in [7, 11) is 0. The monoisotopic (exact) mass is 546 g/mol. The van der Waals surface area contributed by atoms with Crippen molar-refractivity contribution in [2.45, 2.75) is 98.3 Å². The second-order valence-electron chi connectivity index (χ2n) is 10.9. The van der Waals surface area contributed by atoms with Gasteiger partial charge in [-0.1, -0.05) is 70.9 Å². The van der Waals surface area contributed by atoms with Crippen molar-refractivity contribution in [1.82, 2.24) is 9.97 Å². The quantitative estimate of drug-likeness (QED) is 0.149. The summed E-state index contributed by atoms with van der Waals surface area (Å²) in [5.41, 5.74) is 3.44. The van der Waals surface area contributed by atoms with Crippen LogP contribution in [0.15, 0.2) is 36.4 Å². The highest BCUT2D eigenvalue weighted by atomic mass is 19.1. The first kappa shape index (κ1) is 31.3. The molecule has 0 amide bonds. The lowest BCUT2D eigenvalue weighted by atomic mass is 9.97. The fourth-order valence-electron chi connectivity index (χ4n) is 5.32. The Balaban J connectivity index is 1.81. The van der Waals surface area contributed by atoms with Gasteiger partial charge in [0.15, 0.2) is 0 Å². The Bertz CT molecular complexity index is 1240. The largest absolute Gasteiger partial charge is 0.463 e. The predicted octanol–water partition coefficient (Wildman–Crippen LogP) is 8.62. The third-order valence-electron chi connectivity index (χ3n) is 7.53. The molecule has 3 rings (SSSR count). The van der Waals surface area contributed by atoms with Crippen LogP contribution in [0.25, 0.3) is 10.8 Å². The molecule has 0 spiro atoms. The molecule has 0 radical (unpaired) electrons. The predicted molar refractivity (Wildman–Crippen MR) is 163 cm³/mol. The van der Waals surface area contributed by atoms with E-state index < -0.39 is 0 Å². The normalized spacial score (nSPS) is 11.9. The number of anilines is 1. The molecular weight excluding hydrogens is 499 g/mol. The number of rotatable bonds is 18. The SMILES string of the molecule is CCCC[C@@H](C)COc1nc(CC)c(CCCCc2ccc(F)c3ccccc23)c(N(CCC)CCCC#N)n1. The van der Waals surface area contributed by atoms with Crippen molar-refractivity contribution >= 4 is 16.6 Å². The highest BCUT2D eigenvalue weighted by Gasteiger charge is 2.20. The fourth-order valence-corrected chi connectivity index (χ4v) is 5.32. The molecule has 0 saturated heterocycles. The molecule has 0 bridgehead atoms. The molecule has 3 aromatic rings. The Morgan fingerprint density at radius 1 is 0.925 bits per heavy atom. The summed E-state index contributed by atoms with van der Waals surface area (Å²) in [5, 5.41) is 10.8. The van der Waals surface area contributed by atoms with Crippen molar-refractivity contribution in [1.29, 1.82) is 5.26 Å². The average Bonchev–Trinajstić information content (AvgIpc) is 2.98. The highest BCUT2D eigenvalue weighted by molar-refractivity contribution is 5.86. The van der Waals surface area contributed by atoms with Crippen LogP contribution in [0.3, 0.4) is 0 Å². The number of nitriles is 1. The van der Waals surface area contributed by atoms with E-state index in [4.69, 9.17) is 20.0 Å². The van der Waals surface area contributed by atoms with Gasteiger partial charge in [-0.2, -0.15) is 15.2 Å². The van der Waals surface area contributed by atoms with Crippen molar-refractivity contribution in [3.63, 3.8) is 0 Å². The van der Waals surface area contributed by atoms with Crippen LogP contribution in [-0.2, 0) is 19.3 Å². The van der Waals surface area contributed by atoms with Crippen molar-refractivity contribution in [3.05, 3.63) is 59.0 Å². The summed E-state index contributed by atoms with van der Waals surface area (Å²) in [4.78, 5) is 12.2. The van der Waals surface area contributed by atoms with Gasteiger partial charge in [0.25, 0.3) is 0 Å². The van der Waals surface area contributed by atoms with Crippen LogP contribution < -0.4 is 9.64 Å². The van der Waals surface area contributed by atoms with Crippen LogP contribution in [0.4, 0.5) is 10.2 Å². The molecule has 6 heteroatoms. The zero-order valence-corrected chi connectivity index (χ0v) is 25.0. The number of nitrogens with zero attached hydrogens (tertiary/aromatic N) is 4. The zero-order valence-electron chi connectivity index (χ0n) is 25.0. The number of hydrogen-bond acceptors (Lipinski definition) is 5. The van der Waals surface area contributed by atoms with E-state index >= 15 is 0 Å². The van der Waals surface area contributed by atoms with E-state index in [2.05, 4.69) is 38.7 Å². The lowest BCUT2D eigenvalue weighted by Gasteiger charge is -2.27. The van der Waals surface area contributed by atoms with Gasteiger partial charge in [0.1, 0.15) is 11.6 Å². The fraction of sp³-hybridized carbons (Fsp3) is 0.559. The molecule has 2 aromatic carbocycles. The average molecular weight is 547 g/mol. The van der Waals surface area contributed by atoms with Crippen LogP contribution >= 0.6 is 0 Å². The van der Waals surface area contributed by atoms with E-state index in [9.17, 15) is 4.39 Å². The maximum atomic E-state index is 14.3. The first-order chi connectivity index (χ1) is 19.5. The highest BCUT2D eigenvalue weighted by Crippen LogP contribution is 2.28. The van der Waals surface area contributed by atoms with Gasteiger partial charge in [-0.25, -0.2) is 4.39 Å². The second-order valence-corrected chi connectivity index (χ2v) is 10.9. The van der Waals surface area contributed by atoms with Crippen molar-refractivity contribution < 1.29 is 9.13 Å². The van der Waals surface area contributed by atoms with E-state index in [0.29, 0.717) is 30.3 Å². The Morgan fingerprint density at radius 2 is 1.70 bits per heavy atom. The van der Waals surface area contributed by atoms with Gasteiger partial charge in [-0.15, -0.1) is 0 Å². The van der Waals surface area contributed by atoms with Gasteiger partial charge in [-0.3, -0.25) is 0 Å². The summed E-state index contributed by atoms with van der Waals surface area (Å²) in [6.45, 7) is 11.1. The minimum absolute atomic E-state index is 0.164. The summed E-state index contributed by atoms with van der Waals surface area (Å²) in [6, 6.07) is 14.0. The summed E-state index contributed by atoms with van der Waals surface area (Å²) >= 11 is 0. The molecule has 1 atom stereocenters. The number of aryl methyl sites for hydroxylation is 2. The lowest BCUT2D eigenvalue weighted by molar-refractivity contribution is 0.231. The Labute approximate surface area is 240 Å². The summed E-state index contributed by atoms with van der Waals surface area (Å²) in [5.74, 6) is 1.26. The van der Waals surface area contributed by atoms with Gasteiger partial charge in [0.2, 0.25) is 0 Å². The minimum Gasteiger partial charge on any atom is -0.463 e. The van der Waals surface area contributed by atoms with Gasteiger partial charge in [0.05, 0.1) is 18.4 Å². The minimum atomic E-state index is -0.164. The van der Waals surface area contributed by atoms with E-state index in [1.807, 2.05) is 30.3 Å². The van der Waals surface area contributed by atoms with Crippen molar-refractivity contribution in [3.8, 4) is 12.1 Å². The maximum Gasteiger partial charge on any atom is 0.318 e. The van der Waals surface area contributed by atoms with Crippen molar-refractivity contribution in [2.24, 2.45) is 5.92 Å². The van der Waals surface area contributed by atoms with Crippen LogP contribution in [0, 0.1) is 23.1 Å². The van der Waals surface area contributed by atoms with Gasteiger partial charge in [-0.05, 0) is 74.3 Å². The molecule has 0 N–H and O–H groups in total. The third-order valence-corrected chi connectivity index (χ3v) is 7.53. The maximum absolute atomic E-state index is 14.3. The zero-order chi connectivity index (χ0) is 28.7. The number of hydrogen-bond donors (Lipinski definition) is 0. The first-order valence-corrected chi connectivity index (χ1v) is 15.3. The van der Waals surface area contributed by atoms with E-state index in [-0.39, 0.29) is 5.82 Å². The molecule has 0 unspecified atom stereocenters. The van der Waals surface area contributed by atoms with Crippen LogP contribution in [0.2, 0.25) is 0 Å². The molecular formula is C34H47FN4O. The summed E-state index contributed by atoms with van der Waals surface area (Å²) < 4.78 is 20.5. The lowest BCUT2D eigenvalue weighted by Crippen LogP contribution is -2.28. The van der Waals surface area contributed by atoms with Gasteiger partial charge >= 0.3 is 6.01 Å². The number of unbranched alkanes of at least 4 members (excludes halogenated alkanes) is 3. The topological polar surface area (TPSA) is 62.0 Å². The molecule has 216 valence electrons. The third kappa shape index (κ3) is 8.91. The standard InChI is InChI=1S/C34H47FN4O/c1-5-8-15-26(4)25-40-34-37-32(7-3)30(33(38-34)39(23-6-2)24-14-13-22-36)19-10-9-16-27-20-21-31(35)29-18-12-11-17-28(27)29/h11-12,17-18,20-21,26H,5-10,13-16,19,23-25H2,1-4H3/t26-/m1/s1. The summed E-state index contributed by atoms with van der Waals surface area (Å²) in [6.07, 6.45) is 10.4. The Morgan fingerprint density at radius 3 is 2.42 bits per heavy atom. The number of aromatic nitrogens is 2. The van der Waals surface area contributed by atoms with Crippen LogP contribution in [-0.4, -0.2) is 29.7 Å². The number of benzene rings is 2. The molecule has 40 heavy (non-hydrogen) atoms. The molecule has 0 aliphatic rings. The van der Waals surface area contributed by atoms with Gasteiger partial charge in [0, 0.05) is 30.5 Å². The second kappa shape index (κ2) is 16.8. The van der Waals surface area contributed by atoms with E-state index in [1.54, 1.807) is 6.07 Å². The molecule has 1 heterocycles.